The lowest BCUT2D eigenvalue weighted by molar-refractivity contribution is 0.219. The summed E-state index contributed by atoms with van der Waals surface area (Å²) in [7, 11) is -1.70. The smallest absolute Gasteiger partial charge is 0.262 e. The van der Waals surface area contributed by atoms with E-state index in [1.165, 1.54) is 0 Å². The summed E-state index contributed by atoms with van der Waals surface area (Å²) in [6.45, 7) is 6.97. The van der Waals surface area contributed by atoms with Crippen molar-refractivity contribution < 1.29 is 8.42 Å². The van der Waals surface area contributed by atoms with Gasteiger partial charge < -0.3 is 9.88 Å². The molecular formula is C11H20N4O2S. The van der Waals surface area contributed by atoms with Crippen LogP contribution in [0.3, 0.4) is 0 Å². The summed E-state index contributed by atoms with van der Waals surface area (Å²) < 4.78 is 28.5. The number of imidazole rings is 1. The normalized spacial score (nSPS) is 26.4. The number of sulfonamides is 1. The number of aryl methyl sites for hydroxylation is 2. The zero-order chi connectivity index (χ0) is 13.5. The van der Waals surface area contributed by atoms with Crippen LogP contribution < -0.4 is 5.32 Å². The Morgan fingerprint density at radius 3 is 2.33 bits per heavy atom. The van der Waals surface area contributed by atoms with Crippen LogP contribution in [0, 0.1) is 6.92 Å². The zero-order valence-corrected chi connectivity index (χ0v) is 12.0. The summed E-state index contributed by atoms with van der Waals surface area (Å²) in [4.78, 5) is 4.14. The van der Waals surface area contributed by atoms with Gasteiger partial charge >= 0.3 is 0 Å². The fraction of sp³-hybridized carbons (Fsp3) is 0.727. The van der Waals surface area contributed by atoms with E-state index in [-0.39, 0.29) is 17.1 Å². The van der Waals surface area contributed by atoms with Crippen molar-refractivity contribution in [3.05, 3.63) is 12.0 Å². The molecule has 1 aromatic heterocycles. The molecule has 1 fully saturated rings. The van der Waals surface area contributed by atoms with Crippen LogP contribution in [0.1, 0.15) is 19.7 Å². The molecule has 0 aromatic carbocycles. The molecule has 7 heteroatoms. The van der Waals surface area contributed by atoms with E-state index in [0.29, 0.717) is 18.9 Å². The van der Waals surface area contributed by atoms with Crippen LogP contribution in [0.4, 0.5) is 0 Å². The van der Waals surface area contributed by atoms with Crippen molar-refractivity contribution in [2.45, 2.75) is 37.9 Å². The number of aromatic nitrogens is 2. The summed E-state index contributed by atoms with van der Waals surface area (Å²) in [6, 6.07) is -0.109. The highest BCUT2D eigenvalue weighted by atomic mass is 32.2. The summed E-state index contributed by atoms with van der Waals surface area (Å²) in [5.41, 5.74) is 0. The van der Waals surface area contributed by atoms with Gasteiger partial charge in [-0.3, -0.25) is 0 Å². The molecule has 1 saturated heterocycles. The maximum Gasteiger partial charge on any atom is 0.262 e. The maximum absolute atomic E-state index is 12.6. The van der Waals surface area contributed by atoms with Gasteiger partial charge in [-0.05, 0) is 20.8 Å². The predicted molar refractivity (Wildman–Crippen MR) is 68.8 cm³/mol. The van der Waals surface area contributed by atoms with E-state index in [1.54, 1.807) is 29.0 Å². The molecule has 0 aliphatic carbocycles. The van der Waals surface area contributed by atoms with Gasteiger partial charge in [0, 0.05) is 38.4 Å². The lowest BCUT2D eigenvalue weighted by Gasteiger charge is -2.37. The Balaban J connectivity index is 2.41. The molecule has 102 valence electrons. The second kappa shape index (κ2) is 4.64. The van der Waals surface area contributed by atoms with Gasteiger partial charge in [0.05, 0.1) is 0 Å². The number of rotatable bonds is 2. The Labute approximate surface area is 108 Å². The van der Waals surface area contributed by atoms with E-state index in [1.807, 2.05) is 13.8 Å². The second-order valence-electron chi connectivity index (χ2n) is 4.93. The number of nitrogens with zero attached hydrogens (tertiary/aromatic N) is 3. The molecule has 1 aliphatic rings. The van der Waals surface area contributed by atoms with Crippen molar-refractivity contribution in [3.8, 4) is 0 Å². The van der Waals surface area contributed by atoms with Crippen molar-refractivity contribution in [3.63, 3.8) is 0 Å². The van der Waals surface area contributed by atoms with Crippen LogP contribution in [0.5, 0.6) is 0 Å². The van der Waals surface area contributed by atoms with Gasteiger partial charge in [0.15, 0.2) is 5.03 Å². The predicted octanol–water partition coefficient (Wildman–Crippen LogP) is 0.0994. The molecule has 0 saturated carbocycles. The first-order valence-corrected chi connectivity index (χ1v) is 7.52. The Morgan fingerprint density at radius 2 is 1.89 bits per heavy atom. The molecule has 0 amide bonds. The molecule has 0 radical (unpaired) electrons. The van der Waals surface area contributed by atoms with E-state index < -0.39 is 10.0 Å². The topological polar surface area (TPSA) is 67.2 Å². The average molecular weight is 272 g/mol. The van der Waals surface area contributed by atoms with E-state index in [2.05, 4.69) is 10.3 Å². The molecule has 0 bridgehead atoms. The van der Waals surface area contributed by atoms with Crippen molar-refractivity contribution in [2.24, 2.45) is 7.05 Å². The molecule has 2 rings (SSSR count). The SMILES string of the molecule is Cc1nc(S(=O)(=O)N2C(C)CNCC2C)cn1C. The van der Waals surface area contributed by atoms with Crippen LogP contribution in [0.2, 0.25) is 0 Å². The molecular weight excluding hydrogens is 252 g/mol. The Bertz CT molecular complexity index is 508. The Morgan fingerprint density at radius 1 is 1.33 bits per heavy atom. The molecule has 2 heterocycles. The molecule has 1 aliphatic heterocycles. The Kier molecular flexibility index (Phi) is 3.48. The number of nitrogens with one attached hydrogen (secondary N) is 1. The minimum absolute atomic E-state index is 0.0546. The van der Waals surface area contributed by atoms with Crippen LogP contribution in [0.25, 0.3) is 0 Å². The van der Waals surface area contributed by atoms with Crippen molar-refractivity contribution >= 4 is 10.0 Å². The highest BCUT2D eigenvalue weighted by Gasteiger charge is 2.37. The van der Waals surface area contributed by atoms with E-state index >= 15 is 0 Å². The minimum Gasteiger partial charge on any atom is -0.337 e. The standard InChI is InChI=1S/C11H20N4O2S/c1-8-5-12-6-9(2)15(8)18(16,17)11-7-14(4)10(3)13-11/h7-9,12H,5-6H2,1-4H3. The van der Waals surface area contributed by atoms with Gasteiger partial charge in [-0.2, -0.15) is 4.31 Å². The van der Waals surface area contributed by atoms with Crippen LogP contribution in [-0.2, 0) is 17.1 Å². The molecule has 2 unspecified atom stereocenters. The van der Waals surface area contributed by atoms with Crippen molar-refractivity contribution in [1.82, 2.24) is 19.2 Å². The van der Waals surface area contributed by atoms with E-state index in [9.17, 15) is 8.42 Å². The fourth-order valence-electron chi connectivity index (χ4n) is 2.35. The highest BCUT2D eigenvalue weighted by Crippen LogP contribution is 2.21. The largest absolute Gasteiger partial charge is 0.337 e. The third-order valence-corrected chi connectivity index (χ3v) is 5.38. The van der Waals surface area contributed by atoms with E-state index in [0.717, 1.165) is 0 Å². The zero-order valence-electron chi connectivity index (χ0n) is 11.2. The number of piperazine rings is 1. The minimum atomic E-state index is -3.50. The molecule has 6 nitrogen and oxygen atoms in total. The summed E-state index contributed by atoms with van der Waals surface area (Å²) >= 11 is 0. The second-order valence-corrected chi connectivity index (χ2v) is 6.72. The highest BCUT2D eigenvalue weighted by molar-refractivity contribution is 7.89. The monoisotopic (exact) mass is 272 g/mol. The third kappa shape index (κ3) is 2.17. The van der Waals surface area contributed by atoms with Gasteiger partial charge in [0.2, 0.25) is 0 Å². The first-order valence-electron chi connectivity index (χ1n) is 6.08. The fourth-order valence-corrected chi connectivity index (χ4v) is 4.20. The van der Waals surface area contributed by atoms with Gasteiger partial charge in [0.25, 0.3) is 10.0 Å². The number of hydrogen-bond acceptors (Lipinski definition) is 4. The first kappa shape index (κ1) is 13.5. The van der Waals surface area contributed by atoms with Gasteiger partial charge in [-0.15, -0.1) is 0 Å². The van der Waals surface area contributed by atoms with Gasteiger partial charge in [0.1, 0.15) is 5.82 Å². The van der Waals surface area contributed by atoms with Crippen LogP contribution in [0.15, 0.2) is 11.2 Å². The van der Waals surface area contributed by atoms with Gasteiger partial charge in [-0.1, -0.05) is 0 Å². The van der Waals surface area contributed by atoms with Gasteiger partial charge in [-0.25, -0.2) is 13.4 Å². The van der Waals surface area contributed by atoms with Crippen LogP contribution >= 0.6 is 0 Å². The molecule has 2 atom stereocenters. The molecule has 1 N–H and O–H groups in total. The number of hydrogen-bond donors (Lipinski definition) is 1. The molecule has 0 spiro atoms. The van der Waals surface area contributed by atoms with E-state index in [4.69, 9.17) is 0 Å². The summed E-state index contributed by atoms with van der Waals surface area (Å²) in [5, 5.41) is 3.36. The third-order valence-electron chi connectivity index (χ3n) is 3.38. The van der Waals surface area contributed by atoms with Crippen LogP contribution in [-0.4, -0.2) is 47.4 Å². The quantitative estimate of drug-likeness (QED) is 0.829. The Hall–Kier alpha value is -0.920. The average Bonchev–Trinajstić information content (AvgIpc) is 2.59. The van der Waals surface area contributed by atoms with Crippen molar-refractivity contribution in [2.75, 3.05) is 13.1 Å². The summed E-state index contributed by atoms with van der Waals surface area (Å²) in [6.07, 6.45) is 1.58. The first-order chi connectivity index (χ1) is 8.34. The maximum atomic E-state index is 12.6. The van der Waals surface area contributed by atoms with Crippen molar-refractivity contribution in [1.29, 1.82) is 0 Å². The lowest BCUT2D eigenvalue weighted by atomic mass is 10.2. The lowest BCUT2D eigenvalue weighted by Crippen LogP contribution is -2.57. The molecule has 1 aromatic rings. The molecule has 18 heavy (non-hydrogen) atoms. The summed E-state index contributed by atoms with van der Waals surface area (Å²) in [5.74, 6) is 0.698.